The van der Waals surface area contributed by atoms with E-state index >= 15 is 0 Å². The van der Waals surface area contributed by atoms with Gasteiger partial charge in [-0.2, -0.15) is 0 Å². The maximum Gasteiger partial charge on any atom is 0.339 e. The molecule has 0 atom stereocenters. The molecular weight excluding hydrogens is 352 g/mol. The van der Waals surface area contributed by atoms with Crippen molar-refractivity contribution in [1.29, 1.82) is 0 Å². The zero-order valence-corrected chi connectivity index (χ0v) is 12.9. The molecule has 0 bridgehead atoms. The molecule has 92 valence electrons. The molecule has 0 aliphatic heterocycles. The number of rotatable bonds is 3. The summed E-state index contributed by atoms with van der Waals surface area (Å²) in [5.41, 5.74) is 0.944. The highest BCUT2D eigenvalue weighted by Crippen LogP contribution is 2.28. The van der Waals surface area contributed by atoms with Gasteiger partial charge in [-0.15, -0.1) is 0 Å². The van der Waals surface area contributed by atoms with Gasteiger partial charge in [-0.05, 0) is 28.1 Å². The van der Waals surface area contributed by atoms with Gasteiger partial charge in [0.2, 0.25) is 0 Å². The minimum Gasteiger partial charge on any atom is -0.465 e. The Morgan fingerprint density at radius 1 is 1.12 bits per heavy atom. The lowest BCUT2D eigenvalue weighted by Gasteiger charge is -2.10. The van der Waals surface area contributed by atoms with E-state index in [9.17, 15) is 9.59 Å². The molecule has 0 spiro atoms. The van der Waals surface area contributed by atoms with E-state index in [1.165, 1.54) is 7.11 Å². The lowest BCUT2D eigenvalue weighted by Crippen LogP contribution is -2.10. The Morgan fingerprint density at radius 2 is 1.59 bits per heavy atom. The van der Waals surface area contributed by atoms with Crippen LogP contribution in [0, 0.1) is 5.92 Å². The number of carbonyl (C=O) groups is 2. The number of carbonyl (C=O) groups excluding carboxylic acids is 2. The molecule has 1 aromatic rings. The zero-order chi connectivity index (χ0) is 13.2. The number of ketones is 1. The highest BCUT2D eigenvalue weighted by Gasteiger charge is 2.19. The van der Waals surface area contributed by atoms with Crippen molar-refractivity contribution in [1.82, 2.24) is 0 Å². The Morgan fingerprint density at radius 3 is 2.06 bits per heavy atom. The van der Waals surface area contributed by atoms with Gasteiger partial charge in [0.1, 0.15) is 0 Å². The predicted octanol–water partition coefficient (Wildman–Crippen LogP) is 3.84. The third-order valence-electron chi connectivity index (χ3n) is 2.25. The van der Waals surface area contributed by atoms with Crippen LogP contribution in [0.1, 0.15) is 34.6 Å². The van der Waals surface area contributed by atoms with Crippen molar-refractivity contribution in [3.63, 3.8) is 0 Å². The molecule has 0 N–H and O–H groups in total. The first kappa shape index (κ1) is 14.4. The van der Waals surface area contributed by atoms with Crippen LogP contribution in [0.2, 0.25) is 0 Å². The largest absolute Gasteiger partial charge is 0.465 e. The molecule has 17 heavy (non-hydrogen) atoms. The van der Waals surface area contributed by atoms with Gasteiger partial charge < -0.3 is 4.74 Å². The Balaban J connectivity index is 3.28. The number of benzene rings is 1. The van der Waals surface area contributed by atoms with Crippen LogP contribution in [0.5, 0.6) is 0 Å². The summed E-state index contributed by atoms with van der Waals surface area (Å²) in [7, 11) is 1.32. The molecule has 1 aromatic carbocycles. The fraction of sp³-hybridized carbons (Fsp3) is 0.333. The first-order valence-electron chi connectivity index (χ1n) is 5.00. The molecule has 0 aromatic heterocycles. The normalized spacial score (nSPS) is 10.5. The van der Waals surface area contributed by atoms with Crippen LogP contribution in [0.3, 0.4) is 0 Å². The fourth-order valence-corrected chi connectivity index (χ4v) is 2.36. The van der Waals surface area contributed by atoms with Gasteiger partial charge >= 0.3 is 5.97 Å². The van der Waals surface area contributed by atoms with E-state index in [0.717, 1.165) is 0 Å². The molecule has 0 saturated carbocycles. The van der Waals surface area contributed by atoms with Crippen molar-refractivity contribution in [2.45, 2.75) is 13.8 Å². The van der Waals surface area contributed by atoms with Gasteiger partial charge in [-0.25, -0.2) is 4.79 Å². The molecule has 0 amide bonds. The minimum atomic E-state index is -0.443. The van der Waals surface area contributed by atoms with E-state index in [1.54, 1.807) is 12.1 Å². The molecule has 3 nitrogen and oxygen atoms in total. The number of hydrogen-bond acceptors (Lipinski definition) is 3. The van der Waals surface area contributed by atoms with Gasteiger partial charge in [-0.3, -0.25) is 4.79 Å². The summed E-state index contributed by atoms with van der Waals surface area (Å²) in [4.78, 5) is 23.3. The quantitative estimate of drug-likeness (QED) is 0.605. The first-order valence-corrected chi connectivity index (χ1v) is 6.58. The summed E-state index contributed by atoms with van der Waals surface area (Å²) < 4.78 is 5.79. The average molecular weight is 364 g/mol. The van der Waals surface area contributed by atoms with Crippen molar-refractivity contribution in [3.8, 4) is 0 Å². The molecule has 0 aliphatic carbocycles. The van der Waals surface area contributed by atoms with Gasteiger partial charge in [0, 0.05) is 20.4 Å². The van der Waals surface area contributed by atoms with E-state index in [0.29, 0.717) is 20.1 Å². The molecule has 0 radical (unpaired) electrons. The third-order valence-corrected chi connectivity index (χ3v) is 3.56. The smallest absolute Gasteiger partial charge is 0.339 e. The highest BCUT2D eigenvalue weighted by molar-refractivity contribution is 9.11. The molecule has 0 aliphatic rings. The summed E-state index contributed by atoms with van der Waals surface area (Å²) in [6.45, 7) is 3.66. The lowest BCUT2D eigenvalue weighted by molar-refractivity contribution is 0.0599. The Kier molecular flexibility index (Phi) is 4.89. The van der Waals surface area contributed by atoms with Crippen LogP contribution in [0.15, 0.2) is 21.1 Å². The second kappa shape index (κ2) is 5.78. The Bertz CT molecular complexity index is 467. The number of methoxy groups -OCH3 is 1. The molecule has 5 heteroatoms. The second-order valence-electron chi connectivity index (χ2n) is 3.82. The maximum absolute atomic E-state index is 11.9. The van der Waals surface area contributed by atoms with E-state index in [1.807, 2.05) is 13.8 Å². The van der Waals surface area contributed by atoms with Crippen LogP contribution in [-0.2, 0) is 4.74 Å². The van der Waals surface area contributed by atoms with Gasteiger partial charge in [-0.1, -0.05) is 29.8 Å². The number of esters is 1. The average Bonchev–Trinajstić information content (AvgIpc) is 2.29. The number of Topliss-reactive ketones (excluding diaryl/α,β-unsaturated/α-hetero) is 1. The number of hydrogen-bond donors (Lipinski definition) is 0. The van der Waals surface area contributed by atoms with E-state index < -0.39 is 5.97 Å². The molecule has 0 fully saturated rings. The molecule has 0 unspecified atom stereocenters. The maximum atomic E-state index is 11.9. The van der Waals surface area contributed by atoms with E-state index in [2.05, 4.69) is 36.6 Å². The third kappa shape index (κ3) is 3.16. The lowest BCUT2D eigenvalue weighted by atomic mass is 10.00. The number of ether oxygens (including phenoxy) is 1. The molecular formula is C12H12Br2O3. The van der Waals surface area contributed by atoms with Gasteiger partial charge in [0.25, 0.3) is 0 Å². The second-order valence-corrected chi connectivity index (χ2v) is 5.53. The zero-order valence-electron chi connectivity index (χ0n) is 9.71. The Hall–Kier alpha value is -0.680. The summed E-state index contributed by atoms with van der Waals surface area (Å²) in [6.07, 6.45) is 0. The Labute approximate surface area is 117 Å². The van der Waals surface area contributed by atoms with Crippen molar-refractivity contribution < 1.29 is 14.3 Å². The summed E-state index contributed by atoms with van der Waals surface area (Å²) >= 11 is 6.56. The van der Waals surface area contributed by atoms with Crippen LogP contribution in [-0.4, -0.2) is 18.9 Å². The molecule has 0 saturated heterocycles. The van der Waals surface area contributed by atoms with Crippen molar-refractivity contribution in [2.24, 2.45) is 5.92 Å². The summed E-state index contributed by atoms with van der Waals surface area (Å²) in [6, 6.07) is 3.23. The van der Waals surface area contributed by atoms with Crippen LogP contribution in [0.25, 0.3) is 0 Å². The van der Waals surface area contributed by atoms with Crippen LogP contribution >= 0.6 is 31.9 Å². The standard InChI is InChI=1S/C12H12Br2O3/c1-6(2)11(15)7-4-10(14)8(5-9(7)13)12(16)17-3/h4-6H,1-3H3. The van der Waals surface area contributed by atoms with Crippen LogP contribution < -0.4 is 0 Å². The predicted molar refractivity (Wildman–Crippen MR) is 72.4 cm³/mol. The van der Waals surface area contributed by atoms with Gasteiger partial charge in [0.05, 0.1) is 12.7 Å². The summed E-state index contributed by atoms with van der Waals surface area (Å²) in [5.74, 6) is -0.516. The first-order chi connectivity index (χ1) is 7.88. The van der Waals surface area contributed by atoms with Crippen LogP contribution in [0.4, 0.5) is 0 Å². The molecule has 1 rings (SSSR count). The van der Waals surface area contributed by atoms with Gasteiger partial charge in [0.15, 0.2) is 5.78 Å². The van der Waals surface area contributed by atoms with E-state index in [-0.39, 0.29) is 11.7 Å². The van der Waals surface area contributed by atoms with Crippen molar-refractivity contribution >= 4 is 43.6 Å². The van der Waals surface area contributed by atoms with Crippen molar-refractivity contribution in [2.75, 3.05) is 7.11 Å². The van der Waals surface area contributed by atoms with E-state index in [4.69, 9.17) is 0 Å². The minimum absolute atomic E-state index is 0.0222. The highest BCUT2D eigenvalue weighted by atomic mass is 79.9. The fourth-order valence-electron chi connectivity index (χ4n) is 1.31. The molecule has 0 heterocycles. The summed E-state index contributed by atoms with van der Waals surface area (Å²) in [5, 5.41) is 0. The topological polar surface area (TPSA) is 43.4 Å². The van der Waals surface area contributed by atoms with Crippen molar-refractivity contribution in [3.05, 3.63) is 32.2 Å². The number of halogens is 2. The monoisotopic (exact) mass is 362 g/mol. The SMILES string of the molecule is COC(=O)c1cc(Br)c(C(=O)C(C)C)cc1Br.